The van der Waals surface area contributed by atoms with Crippen LogP contribution in [0.25, 0.3) is 11.3 Å². The molecule has 1 saturated carbocycles. The molecule has 2 atom stereocenters. The van der Waals surface area contributed by atoms with Crippen LogP contribution in [0.5, 0.6) is 0 Å². The van der Waals surface area contributed by atoms with E-state index in [9.17, 15) is 4.79 Å². The van der Waals surface area contributed by atoms with Crippen LogP contribution in [0.1, 0.15) is 41.7 Å². The van der Waals surface area contributed by atoms with Gasteiger partial charge in [0.1, 0.15) is 5.69 Å². The lowest BCUT2D eigenvalue weighted by Crippen LogP contribution is -2.45. The topological polar surface area (TPSA) is 49.0 Å². The third kappa shape index (κ3) is 2.90. The molecular formula is C19H23N3O. The van der Waals surface area contributed by atoms with E-state index in [1.165, 1.54) is 31.2 Å². The number of carbonyl (C=O) groups excluding carboxylic acids is 1. The average molecular weight is 309 g/mol. The first-order valence-electron chi connectivity index (χ1n) is 8.61. The molecule has 2 fully saturated rings. The first-order valence-corrected chi connectivity index (χ1v) is 8.61. The number of hydrogen-bond acceptors (Lipinski definition) is 2. The van der Waals surface area contributed by atoms with Gasteiger partial charge in [-0.3, -0.25) is 9.89 Å². The second kappa shape index (κ2) is 5.84. The van der Waals surface area contributed by atoms with Crippen molar-refractivity contribution in [2.24, 2.45) is 11.8 Å². The summed E-state index contributed by atoms with van der Waals surface area (Å²) in [6.07, 6.45) is 5.19. The summed E-state index contributed by atoms with van der Waals surface area (Å²) in [5, 5.41) is 7.27. The molecule has 0 unspecified atom stereocenters. The Morgan fingerprint density at radius 3 is 2.57 bits per heavy atom. The number of carbonyl (C=O) groups is 1. The van der Waals surface area contributed by atoms with E-state index in [1.54, 1.807) is 0 Å². The number of aryl methyl sites for hydroxylation is 1. The molecule has 1 aromatic heterocycles. The molecule has 4 rings (SSSR count). The summed E-state index contributed by atoms with van der Waals surface area (Å²) < 4.78 is 0. The third-order valence-electron chi connectivity index (χ3n) is 5.29. The molecule has 1 saturated heterocycles. The molecule has 2 aromatic rings. The van der Waals surface area contributed by atoms with E-state index in [0.717, 1.165) is 24.3 Å². The molecular weight excluding hydrogens is 286 g/mol. The second-order valence-electron chi connectivity index (χ2n) is 7.14. The van der Waals surface area contributed by atoms with Gasteiger partial charge < -0.3 is 4.90 Å². The molecule has 4 nitrogen and oxygen atoms in total. The van der Waals surface area contributed by atoms with Crippen LogP contribution >= 0.6 is 0 Å². The number of rotatable bonds is 2. The fourth-order valence-electron chi connectivity index (χ4n) is 4.07. The lowest BCUT2D eigenvalue weighted by Gasteiger charge is -2.41. The van der Waals surface area contributed by atoms with Crippen molar-refractivity contribution in [3.05, 3.63) is 41.6 Å². The zero-order chi connectivity index (χ0) is 15.8. The van der Waals surface area contributed by atoms with E-state index in [0.29, 0.717) is 17.5 Å². The molecule has 0 radical (unpaired) electrons. The minimum Gasteiger partial charge on any atom is -0.337 e. The Balaban J connectivity index is 1.52. The first-order chi connectivity index (χ1) is 11.2. The van der Waals surface area contributed by atoms with Crippen molar-refractivity contribution >= 4 is 5.91 Å². The summed E-state index contributed by atoms with van der Waals surface area (Å²) in [5.74, 6) is 1.50. The maximum absolute atomic E-state index is 12.8. The van der Waals surface area contributed by atoms with Gasteiger partial charge in [0.05, 0.1) is 5.69 Å². The van der Waals surface area contributed by atoms with Gasteiger partial charge >= 0.3 is 0 Å². The lowest BCUT2D eigenvalue weighted by atomic mass is 9.78. The Morgan fingerprint density at radius 2 is 1.87 bits per heavy atom. The largest absolute Gasteiger partial charge is 0.337 e. The number of nitrogens with zero attached hydrogens (tertiary/aromatic N) is 2. The molecule has 1 N–H and O–H groups in total. The Morgan fingerprint density at radius 1 is 1.17 bits per heavy atom. The number of nitrogens with one attached hydrogen (secondary N) is 1. The highest BCUT2D eigenvalue weighted by molar-refractivity contribution is 5.93. The summed E-state index contributed by atoms with van der Waals surface area (Å²) in [6.45, 7) is 3.89. The first kappa shape index (κ1) is 14.5. The zero-order valence-corrected chi connectivity index (χ0v) is 13.6. The van der Waals surface area contributed by atoms with Crippen LogP contribution in [-0.2, 0) is 0 Å². The maximum atomic E-state index is 12.8. The van der Waals surface area contributed by atoms with E-state index in [2.05, 4.69) is 29.3 Å². The zero-order valence-electron chi connectivity index (χ0n) is 13.6. The highest BCUT2D eigenvalue weighted by Crippen LogP contribution is 2.34. The van der Waals surface area contributed by atoms with Gasteiger partial charge in [-0.25, -0.2) is 0 Å². The summed E-state index contributed by atoms with van der Waals surface area (Å²) in [6, 6.07) is 10.1. The van der Waals surface area contributed by atoms with E-state index in [1.807, 2.05) is 23.1 Å². The molecule has 1 amide bonds. The van der Waals surface area contributed by atoms with Gasteiger partial charge in [-0.1, -0.05) is 36.2 Å². The molecule has 0 spiro atoms. The minimum atomic E-state index is 0.104. The number of likely N-dealkylation sites (tertiary alicyclic amines) is 1. The molecule has 4 heteroatoms. The van der Waals surface area contributed by atoms with Gasteiger partial charge in [0.25, 0.3) is 5.91 Å². The van der Waals surface area contributed by atoms with Gasteiger partial charge in [0.15, 0.2) is 0 Å². The number of aromatic nitrogens is 2. The summed E-state index contributed by atoms with van der Waals surface area (Å²) in [4.78, 5) is 14.8. The van der Waals surface area contributed by atoms with Crippen LogP contribution in [0.2, 0.25) is 0 Å². The number of aromatic amines is 1. The van der Waals surface area contributed by atoms with E-state index in [-0.39, 0.29) is 5.91 Å². The third-order valence-corrected chi connectivity index (χ3v) is 5.29. The fourth-order valence-corrected chi connectivity index (χ4v) is 4.07. The summed E-state index contributed by atoms with van der Waals surface area (Å²) >= 11 is 0. The highest BCUT2D eigenvalue weighted by atomic mass is 16.2. The van der Waals surface area contributed by atoms with Crippen molar-refractivity contribution in [2.75, 3.05) is 13.1 Å². The predicted octanol–water partition coefficient (Wildman–Crippen LogP) is 3.65. The molecule has 1 aliphatic carbocycles. The number of piperidine rings is 1. The van der Waals surface area contributed by atoms with Gasteiger partial charge in [-0.05, 0) is 44.1 Å². The average Bonchev–Trinajstić information content (AvgIpc) is 3.04. The Bertz CT molecular complexity index is 692. The number of hydrogen-bond donors (Lipinski definition) is 1. The second-order valence-corrected chi connectivity index (χ2v) is 7.14. The van der Waals surface area contributed by atoms with Gasteiger partial charge in [0, 0.05) is 18.7 Å². The maximum Gasteiger partial charge on any atom is 0.271 e. The molecule has 23 heavy (non-hydrogen) atoms. The monoisotopic (exact) mass is 309 g/mol. The molecule has 2 bridgehead atoms. The van der Waals surface area contributed by atoms with Crippen molar-refractivity contribution in [3.8, 4) is 11.3 Å². The van der Waals surface area contributed by atoms with Crippen molar-refractivity contribution in [3.63, 3.8) is 0 Å². The molecule has 2 aliphatic rings. The normalized spacial score (nSPS) is 23.8. The van der Waals surface area contributed by atoms with Crippen LogP contribution in [0.3, 0.4) is 0 Å². The molecule has 2 heterocycles. The Labute approximate surface area is 136 Å². The standard InChI is InChI=1S/C19H23N3O/c1-13-5-7-16(8-6-13)17-10-18(21-20-17)19(23)22-11-14-3-2-4-15(9-14)12-22/h5-8,10,14-15H,2-4,9,11-12H2,1H3,(H,20,21)/t14-,15+. The van der Waals surface area contributed by atoms with Gasteiger partial charge in [-0.2, -0.15) is 5.10 Å². The lowest BCUT2D eigenvalue weighted by molar-refractivity contribution is 0.0499. The number of H-pyrrole nitrogens is 1. The van der Waals surface area contributed by atoms with Gasteiger partial charge in [-0.15, -0.1) is 0 Å². The van der Waals surface area contributed by atoms with Crippen LogP contribution in [-0.4, -0.2) is 34.1 Å². The molecule has 120 valence electrons. The van der Waals surface area contributed by atoms with E-state index in [4.69, 9.17) is 0 Å². The van der Waals surface area contributed by atoms with Gasteiger partial charge in [0.2, 0.25) is 0 Å². The van der Waals surface area contributed by atoms with Crippen LogP contribution in [0.15, 0.2) is 30.3 Å². The van der Waals surface area contributed by atoms with Crippen LogP contribution in [0.4, 0.5) is 0 Å². The summed E-state index contributed by atoms with van der Waals surface area (Å²) in [7, 11) is 0. The van der Waals surface area contributed by atoms with Crippen LogP contribution in [0, 0.1) is 18.8 Å². The SMILES string of the molecule is Cc1ccc(-c2cc(C(=O)N3C[C@@H]4CCC[C@@H](C4)C3)[nH]n2)cc1. The van der Waals surface area contributed by atoms with Crippen molar-refractivity contribution in [1.29, 1.82) is 0 Å². The fraction of sp³-hybridized carbons (Fsp3) is 0.474. The number of benzene rings is 1. The molecule has 1 aromatic carbocycles. The predicted molar refractivity (Wildman–Crippen MR) is 90.1 cm³/mol. The number of fused-ring (bicyclic) bond motifs is 2. The van der Waals surface area contributed by atoms with Crippen molar-refractivity contribution in [1.82, 2.24) is 15.1 Å². The quantitative estimate of drug-likeness (QED) is 0.920. The Kier molecular flexibility index (Phi) is 3.68. The summed E-state index contributed by atoms with van der Waals surface area (Å²) in [5.41, 5.74) is 3.72. The minimum absolute atomic E-state index is 0.104. The number of amides is 1. The Hall–Kier alpha value is -2.10. The van der Waals surface area contributed by atoms with Crippen molar-refractivity contribution in [2.45, 2.75) is 32.6 Å². The molecule has 1 aliphatic heterocycles. The highest BCUT2D eigenvalue weighted by Gasteiger charge is 2.33. The smallest absolute Gasteiger partial charge is 0.271 e. The van der Waals surface area contributed by atoms with Crippen molar-refractivity contribution < 1.29 is 4.79 Å². The van der Waals surface area contributed by atoms with E-state index < -0.39 is 0 Å². The van der Waals surface area contributed by atoms with E-state index >= 15 is 0 Å². The van der Waals surface area contributed by atoms with Crippen LogP contribution < -0.4 is 0 Å².